The van der Waals surface area contributed by atoms with Gasteiger partial charge in [0.05, 0.1) is 20.4 Å². The predicted molar refractivity (Wildman–Crippen MR) is 134 cm³/mol. The summed E-state index contributed by atoms with van der Waals surface area (Å²) in [4.78, 5) is 9.47. The maximum atomic E-state index is 9.51. The van der Waals surface area contributed by atoms with Crippen molar-refractivity contribution in [2.24, 2.45) is 0 Å². The minimum atomic E-state index is 0.239. The lowest BCUT2D eigenvalue weighted by molar-refractivity contribution is 0.475. The molecule has 0 spiro atoms. The monoisotopic (exact) mass is 468 g/mol. The minimum Gasteiger partial charge on any atom is -0.508 e. The molecule has 160 valence electrons. The Balaban J connectivity index is 1.28. The summed E-state index contributed by atoms with van der Waals surface area (Å²) in [6.07, 6.45) is 0. The summed E-state index contributed by atoms with van der Waals surface area (Å²) in [5.74, 6) is 1.89. The van der Waals surface area contributed by atoms with Crippen LogP contribution in [0.5, 0.6) is 23.0 Å². The van der Waals surface area contributed by atoms with Crippen LogP contribution in [0.4, 0.5) is 0 Å². The van der Waals surface area contributed by atoms with Crippen molar-refractivity contribution in [1.82, 2.24) is 9.97 Å². The molecule has 0 unspecified atom stereocenters. The Labute approximate surface area is 196 Å². The van der Waals surface area contributed by atoms with Crippen molar-refractivity contribution in [2.45, 2.75) is 0 Å². The van der Waals surface area contributed by atoms with Crippen molar-refractivity contribution in [3.05, 3.63) is 84.9 Å². The Bertz CT molecular complexity index is 1480. The van der Waals surface area contributed by atoms with E-state index >= 15 is 0 Å². The van der Waals surface area contributed by atoms with Gasteiger partial charge in [0, 0.05) is 23.3 Å². The van der Waals surface area contributed by atoms with Gasteiger partial charge in [-0.1, -0.05) is 0 Å². The van der Waals surface area contributed by atoms with E-state index < -0.39 is 0 Å². The smallest absolute Gasteiger partial charge is 0.129 e. The summed E-state index contributed by atoms with van der Waals surface area (Å²) in [7, 11) is 0. The molecule has 0 aliphatic heterocycles. The molecule has 0 fully saturated rings. The fraction of sp³-hybridized carbons (Fsp3) is 0. The summed E-state index contributed by atoms with van der Waals surface area (Å²) in [6.45, 7) is 0. The number of ether oxygens (including phenoxy) is 1. The van der Waals surface area contributed by atoms with Gasteiger partial charge in [-0.15, -0.1) is 22.7 Å². The van der Waals surface area contributed by atoms with Gasteiger partial charge < -0.3 is 14.9 Å². The average Bonchev–Trinajstić information content (AvgIpc) is 3.44. The number of benzene rings is 4. The van der Waals surface area contributed by atoms with Crippen molar-refractivity contribution in [3.63, 3.8) is 0 Å². The summed E-state index contributed by atoms with van der Waals surface area (Å²) >= 11 is 3.20. The maximum absolute atomic E-state index is 9.51. The molecule has 6 rings (SSSR count). The molecule has 33 heavy (non-hydrogen) atoms. The Hall–Kier alpha value is -3.94. The quantitative estimate of drug-likeness (QED) is 0.281. The van der Waals surface area contributed by atoms with Crippen LogP contribution in [-0.2, 0) is 0 Å². The van der Waals surface area contributed by atoms with Gasteiger partial charge >= 0.3 is 0 Å². The van der Waals surface area contributed by atoms with Crippen molar-refractivity contribution in [1.29, 1.82) is 0 Å². The van der Waals surface area contributed by atoms with E-state index in [9.17, 15) is 10.2 Å². The maximum Gasteiger partial charge on any atom is 0.129 e. The van der Waals surface area contributed by atoms with Crippen molar-refractivity contribution in [3.8, 4) is 44.1 Å². The second-order valence-electron chi connectivity index (χ2n) is 7.49. The Morgan fingerprint density at radius 3 is 1.39 bits per heavy atom. The zero-order valence-electron chi connectivity index (χ0n) is 17.1. The SMILES string of the molecule is Oc1ccc(-c2nc3cc(Oc4ccc5sc(-c6ccc(O)cc6)nc5c4)ccc3s2)cc1. The van der Waals surface area contributed by atoms with Crippen LogP contribution < -0.4 is 4.74 Å². The lowest BCUT2D eigenvalue weighted by Gasteiger charge is -2.05. The first-order chi connectivity index (χ1) is 16.1. The molecule has 0 atom stereocenters. The van der Waals surface area contributed by atoms with Crippen LogP contribution in [0, 0.1) is 0 Å². The standard InChI is InChI=1S/C26H16N2O3S2/c29-17-5-1-15(2-6-17)25-27-21-13-19(9-11-23(21)32-25)31-20-10-12-24-22(14-20)28-26(33-24)16-3-7-18(30)8-4-16/h1-14,29-30H. The summed E-state index contributed by atoms with van der Waals surface area (Å²) in [5, 5.41) is 20.8. The number of phenols is 2. The summed E-state index contributed by atoms with van der Waals surface area (Å²) in [6, 6.07) is 25.9. The largest absolute Gasteiger partial charge is 0.508 e. The fourth-order valence-corrected chi connectivity index (χ4v) is 5.44. The third-order valence-corrected chi connectivity index (χ3v) is 7.35. The molecular weight excluding hydrogens is 452 g/mol. The molecule has 0 aliphatic carbocycles. The van der Waals surface area contributed by atoms with Gasteiger partial charge in [0.1, 0.15) is 33.0 Å². The molecule has 0 aliphatic rings. The molecule has 2 aromatic heterocycles. The molecule has 4 aromatic carbocycles. The van der Waals surface area contributed by atoms with Gasteiger partial charge in [-0.2, -0.15) is 0 Å². The third-order valence-electron chi connectivity index (χ3n) is 5.18. The number of aromatic hydroxyl groups is 2. The van der Waals surface area contributed by atoms with Gasteiger partial charge in [-0.3, -0.25) is 0 Å². The third kappa shape index (κ3) is 3.88. The van der Waals surface area contributed by atoms with Crippen LogP contribution >= 0.6 is 22.7 Å². The highest BCUT2D eigenvalue weighted by atomic mass is 32.1. The van der Waals surface area contributed by atoms with Crippen LogP contribution in [0.2, 0.25) is 0 Å². The Morgan fingerprint density at radius 1 is 0.545 bits per heavy atom. The molecule has 2 heterocycles. The van der Waals surface area contributed by atoms with E-state index in [1.165, 1.54) is 0 Å². The highest BCUT2D eigenvalue weighted by Crippen LogP contribution is 2.36. The summed E-state index contributed by atoms with van der Waals surface area (Å²) in [5.41, 5.74) is 3.67. The minimum absolute atomic E-state index is 0.239. The zero-order chi connectivity index (χ0) is 22.4. The zero-order valence-corrected chi connectivity index (χ0v) is 18.7. The number of hydrogen-bond acceptors (Lipinski definition) is 7. The molecule has 7 heteroatoms. The molecule has 0 saturated heterocycles. The molecule has 5 nitrogen and oxygen atoms in total. The van der Waals surface area contributed by atoms with Crippen molar-refractivity contribution in [2.75, 3.05) is 0 Å². The fourth-order valence-electron chi connectivity index (χ4n) is 3.53. The summed E-state index contributed by atoms with van der Waals surface area (Å²) < 4.78 is 8.26. The van der Waals surface area contributed by atoms with Gasteiger partial charge in [0.15, 0.2) is 0 Å². The van der Waals surface area contributed by atoms with Gasteiger partial charge in [0.2, 0.25) is 0 Å². The number of thiazole rings is 2. The number of nitrogens with zero attached hydrogens (tertiary/aromatic N) is 2. The highest BCUT2D eigenvalue weighted by molar-refractivity contribution is 7.22. The Kier molecular flexibility index (Phi) is 4.71. The molecule has 6 aromatic rings. The van der Waals surface area contributed by atoms with Gasteiger partial charge in [-0.25, -0.2) is 9.97 Å². The number of fused-ring (bicyclic) bond motifs is 2. The van der Waals surface area contributed by atoms with Gasteiger partial charge in [0.25, 0.3) is 0 Å². The topological polar surface area (TPSA) is 75.5 Å². The molecule has 0 radical (unpaired) electrons. The van der Waals surface area contributed by atoms with Crippen LogP contribution in [0.25, 0.3) is 41.6 Å². The molecular formula is C26H16N2O3S2. The second kappa shape index (κ2) is 7.88. The molecule has 2 N–H and O–H groups in total. The van der Waals surface area contributed by atoms with Crippen LogP contribution in [0.15, 0.2) is 84.9 Å². The molecule has 0 amide bonds. The van der Waals surface area contributed by atoms with E-state index in [0.29, 0.717) is 11.5 Å². The van der Waals surface area contributed by atoms with Crippen LogP contribution in [-0.4, -0.2) is 20.2 Å². The lowest BCUT2D eigenvalue weighted by Crippen LogP contribution is -1.84. The predicted octanol–water partition coefficient (Wildman–Crippen LogP) is 7.44. The normalized spacial score (nSPS) is 11.3. The number of rotatable bonds is 4. The van der Waals surface area contributed by atoms with E-state index in [2.05, 4.69) is 0 Å². The lowest BCUT2D eigenvalue weighted by atomic mass is 10.2. The molecule has 0 saturated carbocycles. The molecule has 0 bridgehead atoms. The van der Waals surface area contributed by atoms with Crippen molar-refractivity contribution < 1.29 is 14.9 Å². The average molecular weight is 469 g/mol. The first-order valence-electron chi connectivity index (χ1n) is 10.2. The van der Waals surface area contributed by atoms with E-state index in [0.717, 1.165) is 41.6 Å². The van der Waals surface area contributed by atoms with E-state index in [1.54, 1.807) is 46.9 Å². The van der Waals surface area contributed by atoms with E-state index in [1.807, 2.05) is 60.7 Å². The van der Waals surface area contributed by atoms with Crippen LogP contribution in [0.1, 0.15) is 0 Å². The van der Waals surface area contributed by atoms with E-state index in [-0.39, 0.29) is 11.5 Å². The first-order valence-corrected chi connectivity index (χ1v) is 11.8. The highest BCUT2D eigenvalue weighted by Gasteiger charge is 2.10. The van der Waals surface area contributed by atoms with Crippen LogP contribution in [0.3, 0.4) is 0 Å². The Morgan fingerprint density at radius 2 is 0.970 bits per heavy atom. The van der Waals surface area contributed by atoms with E-state index in [4.69, 9.17) is 14.7 Å². The number of aromatic nitrogens is 2. The number of phenolic OH excluding ortho intramolecular Hbond substituents is 2. The van der Waals surface area contributed by atoms with Crippen molar-refractivity contribution >= 4 is 43.1 Å². The van der Waals surface area contributed by atoms with Gasteiger partial charge in [-0.05, 0) is 72.8 Å². The second-order valence-corrected chi connectivity index (χ2v) is 9.55. The number of hydrogen-bond donors (Lipinski definition) is 2. The first kappa shape index (κ1) is 19.7.